The van der Waals surface area contributed by atoms with E-state index in [2.05, 4.69) is 25.9 Å². The molecule has 1 atom stereocenters. The summed E-state index contributed by atoms with van der Waals surface area (Å²) in [5.41, 5.74) is 7.87. The second-order valence-electron chi connectivity index (χ2n) is 2.78. The van der Waals surface area contributed by atoms with Crippen LogP contribution in [0.1, 0.15) is 17.3 Å². The molecule has 72 valence electrons. The highest BCUT2D eigenvalue weighted by molar-refractivity contribution is 9.10. The lowest BCUT2D eigenvalue weighted by Gasteiger charge is -2.08. The third kappa shape index (κ3) is 1.84. The van der Waals surface area contributed by atoms with Gasteiger partial charge in [0.15, 0.2) is 0 Å². The van der Waals surface area contributed by atoms with E-state index < -0.39 is 0 Å². The smallest absolute Gasteiger partial charge is 0.0800 e. The highest BCUT2D eigenvalue weighted by atomic mass is 79.9. The van der Waals surface area contributed by atoms with Gasteiger partial charge in [-0.25, -0.2) is 0 Å². The minimum atomic E-state index is -0.204. The molecule has 2 heterocycles. The van der Waals surface area contributed by atoms with Crippen molar-refractivity contribution in [2.24, 2.45) is 5.73 Å². The molecular weight excluding hydrogens is 262 g/mol. The zero-order valence-corrected chi connectivity index (χ0v) is 9.62. The van der Waals surface area contributed by atoms with E-state index in [-0.39, 0.29) is 6.04 Å². The van der Waals surface area contributed by atoms with Crippen LogP contribution in [0.3, 0.4) is 0 Å². The Bertz CT molecular complexity index is 415. The van der Waals surface area contributed by atoms with Crippen LogP contribution in [-0.2, 0) is 0 Å². The Kier molecular flexibility index (Phi) is 2.90. The lowest BCUT2D eigenvalue weighted by Crippen LogP contribution is -2.13. The SMILES string of the molecule is NC(c1cnccn1)c1cscc1Br. The molecule has 0 spiro atoms. The van der Waals surface area contributed by atoms with Crippen molar-refractivity contribution in [3.8, 4) is 0 Å². The van der Waals surface area contributed by atoms with E-state index in [1.54, 1.807) is 29.9 Å². The molecule has 2 N–H and O–H groups in total. The average Bonchev–Trinajstić information content (AvgIpc) is 2.65. The number of hydrogen-bond acceptors (Lipinski definition) is 4. The van der Waals surface area contributed by atoms with Crippen LogP contribution in [0.2, 0.25) is 0 Å². The number of nitrogens with two attached hydrogens (primary N) is 1. The fourth-order valence-electron chi connectivity index (χ4n) is 1.14. The minimum absolute atomic E-state index is 0.204. The lowest BCUT2D eigenvalue weighted by atomic mass is 10.1. The molecule has 5 heteroatoms. The highest BCUT2D eigenvalue weighted by Crippen LogP contribution is 2.28. The number of thiophene rings is 1. The standard InChI is InChI=1S/C9H8BrN3S/c10-7-5-14-4-6(7)9(11)8-3-12-1-2-13-8/h1-5,9H,11H2. The van der Waals surface area contributed by atoms with Crippen LogP contribution >= 0.6 is 27.3 Å². The van der Waals surface area contributed by atoms with Crippen molar-refractivity contribution in [1.29, 1.82) is 0 Å². The van der Waals surface area contributed by atoms with Crippen LogP contribution in [0, 0.1) is 0 Å². The van der Waals surface area contributed by atoms with Gasteiger partial charge in [-0.1, -0.05) is 0 Å². The minimum Gasteiger partial charge on any atom is -0.319 e. The van der Waals surface area contributed by atoms with Crippen LogP contribution in [0.15, 0.2) is 33.8 Å². The first-order valence-corrected chi connectivity index (χ1v) is 5.75. The van der Waals surface area contributed by atoms with E-state index in [4.69, 9.17) is 5.73 Å². The van der Waals surface area contributed by atoms with Gasteiger partial charge >= 0.3 is 0 Å². The van der Waals surface area contributed by atoms with Crippen LogP contribution in [0.25, 0.3) is 0 Å². The second-order valence-corrected chi connectivity index (χ2v) is 4.38. The van der Waals surface area contributed by atoms with Crippen molar-refractivity contribution >= 4 is 27.3 Å². The Morgan fingerprint density at radius 2 is 2.21 bits per heavy atom. The molecule has 14 heavy (non-hydrogen) atoms. The van der Waals surface area contributed by atoms with E-state index >= 15 is 0 Å². The molecule has 0 fully saturated rings. The number of aromatic nitrogens is 2. The van der Waals surface area contributed by atoms with Crippen molar-refractivity contribution in [2.75, 3.05) is 0 Å². The maximum atomic E-state index is 6.04. The fraction of sp³-hybridized carbons (Fsp3) is 0.111. The van der Waals surface area contributed by atoms with Gasteiger partial charge < -0.3 is 5.73 Å². The summed E-state index contributed by atoms with van der Waals surface area (Å²) in [5, 5.41) is 4.02. The normalized spacial score (nSPS) is 12.7. The Hall–Kier alpha value is -0.780. The predicted molar refractivity (Wildman–Crippen MR) is 60.1 cm³/mol. The largest absolute Gasteiger partial charge is 0.319 e. The molecule has 0 bridgehead atoms. The van der Waals surface area contributed by atoms with E-state index in [1.807, 2.05) is 10.8 Å². The zero-order valence-electron chi connectivity index (χ0n) is 7.22. The first-order valence-electron chi connectivity index (χ1n) is 4.02. The molecule has 0 aromatic carbocycles. The summed E-state index contributed by atoms with van der Waals surface area (Å²) in [6.07, 6.45) is 4.98. The van der Waals surface area contributed by atoms with Gasteiger partial charge in [0.2, 0.25) is 0 Å². The molecule has 0 saturated carbocycles. The number of halogens is 1. The van der Waals surface area contributed by atoms with Crippen molar-refractivity contribution in [1.82, 2.24) is 9.97 Å². The van der Waals surface area contributed by atoms with Crippen LogP contribution in [0.5, 0.6) is 0 Å². The predicted octanol–water partition coefficient (Wildman–Crippen LogP) is 2.35. The molecular formula is C9H8BrN3S. The molecule has 3 nitrogen and oxygen atoms in total. The average molecular weight is 270 g/mol. The van der Waals surface area contributed by atoms with Gasteiger partial charge in [-0.3, -0.25) is 9.97 Å². The third-order valence-electron chi connectivity index (χ3n) is 1.88. The Balaban J connectivity index is 2.34. The quantitative estimate of drug-likeness (QED) is 0.911. The van der Waals surface area contributed by atoms with Gasteiger partial charge in [-0.2, -0.15) is 11.3 Å². The Labute approximate surface area is 94.1 Å². The summed E-state index contributed by atoms with van der Waals surface area (Å²) in [6, 6.07) is -0.204. The molecule has 0 aliphatic carbocycles. The van der Waals surface area contributed by atoms with Crippen molar-refractivity contribution in [3.05, 3.63) is 45.1 Å². The van der Waals surface area contributed by atoms with E-state index in [0.29, 0.717) is 0 Å². The summed E-state index contributed by atoms with van der Waals surface area (Å²) < 4.78 is 1.03. The third-order valence-corrected chi connectivity index (χ3v) is 3.63. The molecule has 0 saturated heterocycles. The topological polar surface area (TPSA) is 51.8 Å². The Morgan fingerprint density at radius 1 is 1.36 bits per heavy atom. The Morgan fingerprint density at radius 3 is 2.79 bits per heavy atom. The van der Waals surface area contributed by atoms with Crippen molar-refractivity contribution in [2.45, 2.75) is 6.04 Å². The molecule has 0 radical (unpaired) electrons. The fourth-order valence-corrected chi connectivity index (χ4v) is 2.72. The summed E-state index contributed by atoms with van der Waals surface area (Å²) in [5.74, 6) is 0. The summed E-state index contributed by atoms with van der Waals surface area (Å²) in [7, 11) is 0. The summed E-state index contributed by atoms with van der Waals surface area (Å²) in [4.78, 5) is 8.16. The number of nitrogens with zero attached hydrogens (tertiary/aromatic N) is 2. The number of hydrogen-bond donors (Lipinski definition) is 1. The summed E-state index contributed by atoms with van der Waals surface area (Å²) >= 11 is 5.06. The lowest BCUT2D eigenvalue weighted by molar-refractivity contribution is 0.818. The summed E-state index contributed by atoms with van der Waals surface area (Å²) in [6.45, 7) is 0. The maximum absolute atomic E-state index is 6.04. The van der Waals surface area contributed by atoms with Gasteiger partial charge in [-0.05, 0) is 26.9 Å². The molecule has 0 aliphatic heterocycles. The van der Waals surface area contributed by atoms with Crippen LogP contribution in [-0.4, -0.2) is 9.97 Å². The molecule has 2 rings (SSSR count). The molecule has 0 aliphatic rings. The van der Waals surface area contributed by atoms with Gasteiger partial charge in [-0.15, -0.1) is 0 Å². The maximum Gasteiger partial charge on any atom is 0.0800 e. The van der Waals surface area contributed by atoms with Gasteiger partial charge in [0.05, 0.1) is 17.9 Å². The monoisotopic (exact) mass is 269 g/mol. The van der Waals surface area contributed by atoms with Crippen LogP contribution < -0.4 is 5.73 Å². The molecule has 1 unspecified atom stereocenters. The highest BCUT2D eigenvalue weighted by Gasteiger charge is 2.13. The number of rotatable bonds is 2. The van der Waals surface area contributed by atoms with E-state index in [9.17, 15) is 0 Å². The van der Waals surface area contributed by atoms with Crippen molar-refractivity contribution in [3.63, 3.8) is 0 Å². The second kappa shape index (κ2) is 4.16. The van der Waals surface area contributed by atoms with E-state index in [1.165, 1.54) is 0 Å². The molecule has 2 aromatic heterocycles. The van der Waals surface area contributed by atoms with Crippen LogP contribution in [0.4, 0.5) is 0 Å². The zero-order chi connectivity index (χ0) is 9.97. The van der Waals surface area contributed by atoms with Gasteiger partial charge in [0.25, 0.3) is 0 Å². The van der Waals surface area contributed by atoms with Gasteiger partial charge in [0, 0.05) is 22.2 Å². The van der Waals surface area contributed by atoms with E-state index in [0.717, 1.165) is 15.7 Å². The molecule has 0 amide bonds. The van der Waals surface area contributed by atoms with Crippen molar-refractivity contribution < 1.29 is 0 Å². The first kappa shape index (κ1) is 9.76. The molecule has 2 aromatic rings. The first-order chi connectivity index (χ1) is 6.79. The van der Waals surface area contributed by atoms with Gasteiger partial charge in [0.1, 0.15) is 0 Å².